The number of aromatic hydroxyl groups is 1. The molecule has 1 aromatic rings. The summed E-state index contributed by atoms with van der Waals surface area (Å²) < 4.78 is 12.0. The SMILES string of the molecule is Cc1cc(C(O)C(C)[NH2+]CCCF)ccc1O.[Cl-]. The summed E-state index contributed by atoms with van der Waals surface area (Å²) in [5, 5.41) is 21.4. The number of nitrogens with two attached hydrogens (primary N) is 1. The third-order valence-electron chi connectivity index (χ3n) is 2.94. The smallest absolute Gasteiger partial charge is 0.130 e. The zero-order chi connectivity index (χ0) is 12.8. The lowest BCUT2D eigenvalue weighted by Gasteiger charge is -2.18. The van der Waals surface area contributed by atoms with Crippen LogP contribution in [0.5, 0.6) is 5.75 Å². The molecule has 0 aliphatic carbocycles. The Morgan fingerprint density at radius 2 is 2.06 bits per heavy atom. The molecular formula is C13H21ClFNO2. The average Bonchev–Trinajstić information content (AvgIpc) is 2.32. The number of aryl methyl sites for hydroxylation is 1. The van der Waals surface area contributed by atoms with Gasteiger partial charge < -0.3 is 27.9 Å². The summed E-state index contributed by atoms with van der Waals surface area (Å²) >= 11 is 0. The average molecular weight is 278 g/mol. The van der Waals surface area contributed by atoms with Crippen LogP contribution >= 0.6 is 0 Å². The largest absolute Gasteiger partial charge is 1.00 e. The number of rotatable bonds is 6. The van der Waals surface area contributed by atoms with Crippen LogP contribution in [0.25, 0.3) is 0 Å². The van der Waals surface area contributed by atoms with Gasteiger partial charge in [0.05, 0.1) is 13.2 Å². The highest BCUT2D eigenvalue weighted by Crippen LogP contribution is 2.22. The van der Waals surface area contributed by atoms with Gasteiger partial charge in [0.2, 0.25) is 0 Å². The summed E-state index contributed by atoms with van der Waals surface area (Å²) in [7, 11) is 0. The molecule has 0 aliphatic rings. The molecule has 0 aromatic heterocycles. The second kappa shape index (κ2) is 8.29. The maximum atomic E-state index is 12.0. The van der Waals surface area contributed by atoms with Crippen LogP contribution in [0.4, 0.5) is 4.39 Å². The van der Waals surface area contributed by atoms with Gasteiger partial charge in [-0.25, -0.2) is 0 Å². The van der Waals surface area contributed by atoms with Crippen LogP contribution in [0.2, 0.25) is 0 Å². The zero-order valence-corrected chi connectivity index (χ0v) is 11.5. The topological polar surface area (TPSA) is 57.1 Å². The van der Waals surface area contributed by atoms with E-state index < -0.39 is 6.10 Å². The Morgan fingerprint density at radius 1 is 1.39 bits per heavy atom. The van der Waals surface area contributed by atoms with Gasteiger partial charge in [-0.1, -0.05) is 6.07 Å². The highest BCUT2D eigenvalue weighted by molar-refractivity contribution is 5.36. The predicted octanol–water partition coefficient (Wildman–Crippen LogP) is -1.95. The van der Waals surface area contributed by atoms with Crippen molar-refractivity contribution in [3.05, 3.63) is 29.3 Å². The number of phenols is 1. The van der Waals surface area contributed by atoms with E-state index in [2.05, 4.69) is 0 Å². The Morgan fingerprint density at radius 3 is 2.61 bits per heavy atom. The Bertz CT molecular complexity index is 363. The van der Waals surface area contributed by atoms with Crippen LogP contribution in [0.3, 0.4) is 0 Å². The van der Waals surface area contributed by atoms with E-state index in [0.717, 1.165) is 11.1 Å². The number of aliphatic hydroxyl groups is 1. The van der Waals surface area contributed by atoms with Crippen molar-refractivity contribution in [2.24, 2.45) is 0 Å². The molecule has 0 aliphatic heterocycles. The lowest BCUT2D eigenvalue weighted by atomic mass is 10.0. The molecule has 1 rings (SSSR count). The number of alkyl halides is 1. The summed E-state index contributed by atoms with van der Waals surface area (Å²) in [5.74, 6) is 0.231. The van der Waals surface area contributed by atoms with Gasteiger partial charge in [0.1, 0.15) is 17.9 Å². The van der Waals surface area contributed by atoms with Gasteiger partial charge in [-0.15, -0.1) is 0 Å². The van der Waals surface area contributed by atoms with Gasteiger partial charge in [0, 0.05) is 6.42 Å². The van der Waals surface area contributed by atoms with Crippen molar-refractivity contribution in [2.75, 3.05) is 13.2 Å². The normalized spacial score (nSPS) is 13.8. The maximum Gasteiger partial charge on any atom is 0.130 e. The fraction of sp³-hybridized carbons (Fsp3) is 0.538. The van der Waals surface area contributed by atoms with E-state index in [1.54, 1.807) is 25.1 Å². The van der Waals surface area contributed by atoms with Crippen LogP contribution in [-0.2, 0) is 0 Å². The van der Waals surface area contributed by atoms with Crippen LogP contribution in [0.15, 0.2) is 18.2 Å². The summed E-state index contributed by atoms with van der Waals surface area (Å²) in [4.78, 5) is 0. The van der Waals surface area contributed by atoms with Gasteiger partial charge in [-0.2, -0.15) is 0 Å². The molecule has 0 amide bonds. The highest BCUT2D eigenvalue weighted by atomic mass is 35.5. The third kappa shape index (κ3) is 4.80. The molecule has 2 unspecified atom stereocenters. The van der Waals surface area contributed by atoms with Crippen LogP contribution in [0.1, 0.15) is 30.6 Å². The molecule has 0 saturated heterocycles. The molecule has 0 heterocycles. The van der Waals surface area contributed by atoms with Gasteiger partial charge in [-0.3, -0.25) is 4.39 Å². The van der Waals surface area contributed by atoms with Gasteiger partial charge in [-0.05, 0) is 37.1 Å². The van der Waals surface area contributed by atoms with E-state index >= 15 is 0 Å². The van der Waals surface area contributed by atoms with Crippen molar-refractivity contribution >= 4 is 0 Å². The van der Waals surface area contributed by atoms with Crippen molar-refractivity contribution in [1.82, 2.24) is 0 Å². The monoisotopic (exact) mass is 277 g/mol. The minimum Gasteiger partial charge on any atom is -1.00 e. The van der Waals surface area contributed by atoms with Crippen molar-refractivity contribution in [1.29, 1.82) is 0 Å². The number of aliphatic hydroxyl groups excluding tert-OH is 1. The third-order valence-corrected chi connectivity index (χ3v) is 2.94. The quantitative estimate of drug-likeness (QED) is 0.530. The minimum atomic E-state index is -0.603. The first-order chi connectivity index (χ1) is 8.06. The molecule has 1 aromatic carbocycles. The molecule has 0 saturated carbocycles. The van der Waals surface area contributed by atoms with Crippen molar-refractivity contribution < 1.29 is 32.3 Å². The van der Waals surface area contributed by atoms with Crippen LogP contribution in [0, 0.1) is 6.92 Å². The summed E-state index contributed by atoms with van der Waals surface area (Å²) in [6.45, 7) is 4.05. The molecule has 5 heteroatoms. The van der Waals surface area contributed by atoms with Gasteiger partial charge >= 0.3 is 0 Å². The lowest BCUT2D eigenvalue weighted by molar-refractivity contribution is -0.694. The molecule has 4 N–H and O–H groups in total. The first-order valence-electron chi connectivity index (χ1n) is 5.93. The molecule has 3 nitrogen and oxygen atoms in total. The van der Waals surface area contributed by atoms with E-state index in [1.165, 1.54) is 0 Å². The highest BCUT2D eigenvalue weighted by Gasteiger charge is 2.19. The Hall–Kier alpha value is -0.840. The molecule has 0 fully saturated rings. The van der Waals surface area contributed by atoms with E-state index in [1.807, 2.05) is 12.2 Å². The predicted molar refractivity (Wildman–Crippen MR) is 64.7 cm³/mol. The molecule has 0 bridgehead atoms. The first kappa shape index (κ1) is 17.2. The number of quaternary nitrogens is 1. The molecule has 0 radical (unpaired) electrons. The van der Waals surface area contributed by atoms with Crippen LogP contribution in [-0.4, -0.2) is 29.5 Å². The number of hydrogen-bond donors (Lipinski definition) is 3. The lowest BCUT2D eigenvalue weighted by Crippen LogP contribution is -3.00. The fourth-order valence-corrected chi connectivity index (χ4v) is 1.75. The summed E-state index contributed by atoms with van der Waals surface area (Å²) in [6.07, 6.45) is -0.0972. The molecule has 104 valence electrons. The van der Waals surface area contributed by atoms with Gasteiger partial charge in [0.25, 0.3) is 0 Å². The maximum absolute atomic E-state index is 12.0. The van der Waals surface area contributed by atoms with E-state index in [9.17, 15) is 14.6 Å². The Balaban J connectivity index is 0.00000289. The number of hydrogen-bond acceptors (Lipinski definition) is 2. The molecule has 2 atom stereocenters. The van der Waals surface area contributed by atoms with Crippen molar-refractivity contribution in [3.8, 4) is 5.75 Å². The zero-order valence-electron chi connectivity index (χ0n) is 10.7. The second-order valence-electron chi connectivity index (χ2n) is 4.42. The summed E-state index contributed by atoms with van der Waals surface area (Å²) in [6, 6.07) is 5.05. The standard InChI is InChI=1S/C13H20FNO2.ClH/c1-9-8-11(4-5-12(9)16)13(17)10(2)15-7-3-6-14;/h4-5,8,10,13,15-17H,3,6-7H2,1-2H3;1H. The van der Waals surface area contributed by atoms with Crippen molar-refractivity contribution in [3.63, 3.8) is 0 Å². The van der Waals surface area contributed by atoms with E-state index in [4.69, 9.17) is 0 Å². The van der Waals surface area contributed by atoms with Crippen molar-refractivity contribution in [2.45, 2.75) is 32.4 Å². The first-order valence-corrected chi connectivity index (χ1v) is 5.93. The molecule has 0 spiro atoms. The second-order valence-corrected chi connectivity index (χ2v) is 4.42. The fourth-order valence-electron chi connectivity index (χ4n) is 1.75. The minimum absolute atomic E-state index is 0. The number of benzene rings is 1. The van der Waals surface area contributed by atoms with Crippen LogP contribution < -0.4 is 17.7 Å². The molecule has 18 heavy (non-hydrogen) atoms. The number of halogens is 2. The van der Waals surface area contributed by atoms with E-state index in [0.29, 0.717) is 13.0 Å². The van der Waals surface area contributed by atoms with E-state index in [-0.39, 0.29) is 30.9 Å². The summed E-state index contributed by atoms with van der Waals surface area (Å²) in [5.41, 5.74) is 1.53. The Labute approximate surface area is 113 Å². The van der Waals surface area contributed by atoms with Gasteiger partial charge in [0.15, 0.2) is 0 Å². The Kier molecular flexibility index (Phi) is 7.91. The molecular weight excluding hydrogens is 257 g/mol. The number of phenolic OH excluding ortho intramolecular Hbond substituents is 1.